The normalized spacial score (nSPS) is 42.9. The fourth-order valence-corrected chi connectivity index (χ4v) is 4.32. The predicted octanol–water partition coefficient (Wildman–Crippen LogP) is 1.91. The molecule has 0 amide bonds. The van der Waals surface area contributed by atoms with Crippen molar-refractivity contribution in [1.29, 1.82) is 0 Å². The number of fused-ring (bicyclic) bond motifs is 2. The second-order valence-corrected chi connectivity index (χ2v) is 12.4. The van der Waals surface area contributed by atoms with Crippen LogP contribution in [0.15, 0.2) is 0 Å². The molecule has 2 N–H and O–H groups in total. The van der Waals surface area contributed by atoms with Crippen LogP contribution >= 0.6 is 0 Å². The Morgan fingerprint density at radius 2 is 1.95 bits per heavy atom. The van der Waals surface area contributed by atoms with Gasteiger partial charge in [-0.3, -0.25) is 0 Å². The van der Waals surface area contributed by atoms with Gasteiger partial charge in [-0.05, 0) is 18.1 Å². The molecule has 0 aromatic carbocycles. The van der Waals surface area contributed by atoms with Gasteiger partial charge in [-0.25, -0.2) is 0 Å². The maximum atomic E-state index is 10.4. The van der Waals surface area contributed by atoms with Gasteiger partial charge in [0.2, 0.25) is 0 Å². The van der Waals surface area contributed by atoms with Crippen molar-refractivity contribution >= 4 is 8.32 Å². The minimum absolute atomic E-state index is 0.0110. The fraction of sp³-hybridized carbons (Fsp3) is 1.00. The van der Waals surface area contributed by atoms with Crippen LogP contribution in [-0.2, 0) is 9.16 Å². The second kappa shape index (κ2) is 4.53. The fourth-order valence-electron chi connectivity index (χ4n) is 2.96. The summed E-state index contributed by atoms with van der Waals surface area (Å²) in [5.74, 6) is 0.0754. The Hall–Kier alpha value is 0.0569. The smallest absolute Gasteiger partial charge is 0.192 e. The zero-order chi connectivity index (χ0) is 14.6. The lowest BCUT2D eigenvalue weighted by Gasteiger charge is -2.44. The van der Waals surface area contributed by atoms with E-state index < -0.39 is 20.0 Å². The van der Waals surface area contributed by atoms with Crippen molar-refractivity contribution in [1.82, 2.24) is 0 Å². The van der Waals surface area contributed by atoms with Gasteiger partial charge < -0.3 is 19.4 Å². The highest BCUT2D eigenvalue weighted by Crippen LogP contribution is 2.50. The molecule has 0 aromatic rings. The van der Waals surface area contributed by atoms with Crippen LogP contribution in [0.4, 0.5) is 0 Å². The first-order valence-electron chi connectivity index (χ1n) is 7.20. The van der Waals surface area contributed by atoms with Crippen molar-refractivity contribution in [3.05, 3.63) is 0 Å². The molecule has 0 saturated carbocycles. The van der Waals surface area contributed by atoms with Gasteiger partial charge in [0.1, 0.15) is 5.60 Å². The lowest BCUT2D eigenvalue weighted by Crippen LogP contribution is -2.58. The number of aliphatic hydroxyl groups excluding tert-OH is 2. The van der Waals surface area contributed by atoms with E-state index >= 15 is 0 Å². The largest absolute Gasteiger partial charge is 0.411 e. The van der Waals surface area contributed by atoms with E-state index in [1.165, 1.54) is 0 Å². The van der Waals surface area contributed by atoms with Gasteiger partial charge >= 0.3 is 0 Å². The molecule has 2 rings (SSSR count). The summed E-state index contributed by atoms with van der Waals surface area (Å²) in [4.78, 5) is 0. The van der Waals surface area contributed by atoms with Gasteiger partial charge in [-0.15, -0.1) is 0 Å². The van der Waals surface area contributed by atoms with Crippen molar-refractivity contribution in [3.63, 3.8) is 0 Å². The van der Waals surface area contributed by atoms with Crippen molar-refractivity contribution in [2.24, 2.45) is 5.92 Å². The summed E-state index contributed by atoms with van der Waals surface area (Å²) in [6.45, 7) is 12.8. The Balaban J connectivity index is 2.20. The Morgan fingerprint density at radius 1 is 1.37 bits per heavy atom. The lowest BCUT2D eigenvalue weighted by atomic mass is 9.78. The molecule has 2 aliphatic heterocycles. The SMILES string of the molecule is C[C@@H]1[C@H]2C[C@H](O[Si](C)(C)C(C)(C)C)[C@@](CO)(O2)[C@H]1O. The summed E-state index contributed by atoms with van der Waals surface area (Å²) < 4.78 is 12.3. The van der Waals surface area contributed by atoms with E-state index in [9.17, 15) is 10.2 Å². The van der Waals surface area contributed by atoms with Gasteiger partial charge in [0.15, 0.2) is 8.32 Å². The van der Waals surface area contributed by atoms with E-state index in [4.69, 9.17) is 9.16 Å². The van der Waals surface area contributed by atoms with E-state index in [2.05, 4.69) is 33.9 Å². The maximum Gasteiger partial charge on any atom is 0.192 e. The molecule has 19 heavy (non-hydrogen) atoms. The number of hydrogen-bond donors (Lipinski definition) is 2. The van der Waals surface area contributed by atoms with Gasteiger partial charge in [0, 0.05) is 12.3 Å². The monoisotopic (exact) mass is 288 g/mol. The molecule has 0 aromatic heterocycles. The minimum Gasteiger partial charge on any atom is -0.411 e. The van der Waals surface area contributed by atoms with Crippen LogP contribution in [0.25, 0.3) is 0 Å². The standard InChI is InChI=1S/C14H28O4Si/c1-9-10-7-11(14(8-15,17-10)12(9)16)18-19(5,6)13(2,3)4/h9-12,15-16H,7-8H2,1-6H3/t9-,10-,11+,12+,14-/m1/s1. The molecule has 0 radical (unpaired) electrons. The molecule has 2 fully saturated rings. The van der Waals surface area contributed by atoms with Gasteiger partial charge in [0.25, 0.3) is 0 Å². The van der Waals surface area contributed by atoms with Crippen LogP contribution < -0.4 is 0 Å². The van der Waals surface area contributed by atoms with E-state index in [0.29, 0.717) is 0 Å². The van der Waals surface area contributed by atoms with Crippen LogP contribution in [0.2, 0.25) is 18.1 Å². The highest BCUT2D eigenvalue weighted by atomic mass is 28.4. The average molecular weight is 288 g/mol. The quantitative estimate of drug-likeness (QED) is 0.779. The first-order chi connectivity index (χ1) is 8.55. The van der Waals surface area contributed by atoms with E-state index in [-0.39, 0.29) is 29.8 Å². The van der Waals surface area contributed by atoms with Crippen LogP contribution in [0.5, 0.6) is 0 Å². The average Bonchev–Trinajstić information content (AvgIpc) is 2.74. The third kappa shape index (κ3) is 2.19. The molecule has 0 unspecified atom stereocenters. The molecule has 0 spiro atoms. The minimum atomic E-state index is -1.92. The Labute approximate surface area is 117 Å². The molecule has 2 bridgehead atoms. The topological polar surface area (TPSA) is 58.9 Å². The highest BCUT2D eigenvalue weighted by Gasteiger charge is 2.64. The lowest BCUT2D eigenvalue weighted by molar-refractivity contribution is -0.124. The number of hydrogen-bond acceptors (Lipinski definition) is 4. The summed E-state index contributed by atoms with van der Waals surface area (Å²) >= 11 is 0. The van der Waals surface area contributed by atoms with Gasteiger partial charge in [-0.1, -0.05) is 27.7 Å². The van der Waals surface area contributed by atoms with Crippen molar-refractivity contribution in [3.8, 4) is 0 Å². The first-order valence-corrected chi connectivity index (χ1v) is 10.1. The van der Waals surface area contributed by atoms with E-state index in [0.717, 1.165) is 6.42 Å². The molecule has 0 aliphatic carbocycles. The van der Waals surface area contributed by atoms with E-state index in [1.54, 1.807) is 0 Å². The molecule has 5 atom stereocenters. The summed E-state index contributed by atoms with van der Waals surface area (Å²) in [5, 5.41) is 20.2. The second-order valence-electron chi connectivity index (χ2n) is 7.68. The molecule has 2 saturated heterocycles. The molecule has 2 aliphatic rings. The first kappa shape index (κ1) is 15.4. The number of ether oxygens (including phenoxy) is 1. The Morgan fingerprint density at radius 3 is 2.37 bits per heavy atom. The Kier molecular flexibility index (Phi) is 3.68. The summed E-state index contributed by atoms with van der Waals surface area (Å²) in [5.41, 5.74) is -0.903. The third-order valence-corrected chi connectivity index (χ3v) is 9.92. The summed E-state index contributed by atoms with van der Waals surface area (Å²) in [6.07, 6.45) is -0.0248. The zero-order valence-corrected chi connectivity index (χ0v) is 13.9. The maximum absolute atomic E-state index is 10.4. The van der Waals surface area contributed by atoms with Crippen LogP contribution in [0, 0.1) is 5.92 Å². The zero-order valence-electron chi connectivity index (χ0n) is 12.9. The molecule has 4 nitrogen and oxygen atoms in total. The predicted molar refractivity (Wildman–Crippen MR) is 76.5 cm³/mol. The van der Waals surface area contributed by atoms with Crippen molar-refractivity contribution in [2.75, 3.05) is 6.61 Å². The summed E-state index contributed by atoms with van der Waals surface area (Å²) in [7, 11) is -1.92. The third-order valence-electron chi connectivity index (χ3n) is 5.44. The van der Waals surface area contributed by atoms with Gasteiger partial charge in [0.05, 0.1) is 24.9 Å². The Bertz CT molecular complexity index is 352. The highest BCUT2D eigenvalue weighted by molar-refractivity contribution is 6.74. The molecular formula is C14H28O4Si. The van der Waals surface area contributed by atoms with Crippen LogP contribution in [-0.4, -0.2) is 49.1 Å². The number of rotatable bonds is 3. The van der Waals surface area contributed by atoms with Gasteiger partial charge in [-0.2, -0.15) is 0 Å². The van der Waals surface area contributed by atoms with Crippen LogP contribution in [0.1, 0.15) is 34.1 Å². The van der Waals surface area contributed by atoms with Crippen LogP contribution in [0.3, 0.4) is 0 Å². The molecule has 5 heteroatoms. The van der Waals surface area contributed by atoms with Crippen molar-refractivity contribution in [2.45, 2.75) is 76.2 Å². The summed E-state index contributed by atoms with van der Waals surface area (Å²) in [6, 6.07) is 0. The van der Waals surface area contributed by atoms with Crippen molar-refractivity contribution < 1.29 is 19.4 Å². The molecular weight excluding hydrogens is 260 g/mol. The van der Waals surface area contributed by atoms with E-state index in [1.807, 2.05) is 6.92 Å². The number of aliphatic hydroxyl groups is 2. The molecule has 112 valence electrons. The molecule has 2 heterocycles.